The van der Waals surface area contributed by atoms with E-state index >= 15 is 0 Å². The zero-order chi connectivity index (χ0) is 16.1. The summed E-state index contributed by atoms with van der Waals surface area (Å²) in [6, 6.07) is 7.33. The average Bonchev–Trinajstić information content (AvgIpc) is 2.86. The van der Waals surface area contributed by atoms with E-state index in [1.54, 1.807) is 12.1 Å². The number of benzene rings is 1. The van der Waals surface area contributed by atoms with Gasteiger partial charge in [-0.25, -0.2) is 0 Å². The Labute approximate surface area is 134 Å². The molecule has 0 aliphatic carbocycles. The first-order valence-corrected chi connectivity index (χ1v) is 7.38. The summed E-state index contributed by atoms with van der Waals surface area (Å²) >= 11 is 5.85. The molecule has 1 aromatic heterocycles. The van der Waals surface area contributed by atoms with Gasteiger partial charge in [0, 0.05) is 16.6 Å². The molecule has 0 radical (unpaired) electrons. The molecule has 2 rings (SSSR count). The molecule has 1 aromatic carbocycles. The third kappa shape index (κ3) is 4.82. The van der Waals surface area contributed by atoms with Gasteiger partial charge in [0.1, 0.15) is 0 Å². The highest BCUT2D eigenvalue weighted by molar-refractivity contribution is 6.30. The molecule has 0 bridgehead atoms. The lowest BCUT2D eigenvalue weighted by Gasteiger charge is -2.15. The molecule has 0 saturated carbocycles. The van der Waals surface area contributed by atoms with Crippen molar-refractivity contribution in [3.63, 3.8) is 0 Å². The first-order valence-electron chi connectivity index (χ1n) is 7.00. The van der Waals surface area contributed by atoms with Crippen LogP contribution < -0.4 is 5.32 Å². The molecular weight excluding hydrogens is 304 g/mol. The Hall–Kier alpha value is -1.92. The molecule has 1 heterocycles. The van der Waals surface area contributed by atoms with Gasteiger partial charge in [-0.1, -0.05) is 16.8 Å². The molecule has 2 aromatic rings. The van der Waals surface area contributed by atoms with Gasteiger partial charge in [0.05, 0.1) is 13.1 Å². The van der Waals surface area contributed by atoms with Crippen molar-refractivity contribution in [1.29, 1.82) is 0 Å². The lowest BCUT2D eigenvalue weighted by Crippen LogP contribution is -2.38. The number of nitrogens with zero attached hydrogens (tertiary/aromatic N) is 3. The SMILES string of the molecule is CC(C)NC(=O)CN(C)Cc1nc(-c2ccc(Cl)cc2)no1. The maximum atomic E-state index is 11.7. The normalized spacial score (nSPS) is 11.2. The lowest BCUT2D eigenvalue weighted by atomic mass is 10.2. The van der Waals surface area contributed by atoms with Gasteiger partial charge in [-0.2, -0.15) is 4.98 Å². The number of aromatic nitrogens is 2. The Balaban J connectivity index is 1.94. The second-order valence-electron chi connectivity index (χ2n) is 5.41. The second-order valence-corrected chi connectivity index (χ2v) is 5.85. The number of rotatable bonds is 6. The predicted molar refractivity (Wildman–Crippen MR) is 84.4 cm³/mol. The van der Waals surface area contributed by atoms with Crippen LogP contribution in [0.25, 0.3) is 11.4 Å². The average molecular weight is 323 g/mol. The molecule has 1 amide bonds. The van der Waals surface area contributed by atoms with Crippen molar-refractivity contribution in [3.8, 4) is 11.4 Å². The molecule has 6 nitrogen and oxygen atoms in total. The van der Waals surface area contributed by atoms with Gasteiger partial charge in [0.25, 0.3) is 0 Å². The minimum Gasteiger partial charge on any atom is -0.353 e. The van der Waals surface area contributed by atoms with E-state index in [0.717, 1.165) is 5.56 Å². The maximum Gasteiger partial charge on any atom is 0.241 e. The zero-order valence-corrected chi connectivity index (χ0v) is 13.6. The van der Waals surface area contributed by atoms with Gasteiger partial charge in [-0.15, -0.1) is 0 Å². The molecule has 0 atom stereocenters. The minimum absolute atomic E-state index is 0.0325. The Morgan fingerprint density at radius 1 is 1.36 bits per heavy atom. The summed E-state index contributed by atoms with van der Waals surface area (Å²) in [6.45, 7) is 4.53. The molecule has 0 aliphatic heterocycles. The molecule has 0 unspecified atom stereocenters. The van der Waals surface area contributed by atoms with Crippen LogP contribution in [0.4, 0.5) is 0 Å². The van der Waals surface area contributed by atoms with Crippen LogP contribution in [0.5, 0.6) is 0 Å². The van der Waals surface area contributed by atoms with E-state index in [9.17, 15) is 4.79 Å². The van der Waals surface area contributed by atoms with Crippen LogP contribution in [0.15, 0.2) is 28.8 Å². The Morgan fingerprint density at radius 2 is 2.05 bits per heavy atom. The van der Waals surface area contributed by atoms with Crippen molar-refractivity contribution in [2.24, 2.45) is 0 Å². The topological polar surface area (TPSA) is 71.3 Å². The van der Waals surface area contributed by atoms with Crippen LogP contribution >= 0.6 is 11.6 Å². The van der Waals surface area contributed by atoms with Crippen molar-refractivity contribution >= 4 is 17.5 Å². The lowest BCUT2D eigenvalue weighted by molar-refractivity contribution is -0.122. The highest BCUT2D eigenvalue weighted by atomic mass is 35.5. The molecule has 0 spiro atoms. The third-order valence-corrected chi connectivity index (χ3v) is 3.09. The first kappa shape index (κ1) is 16.5. The van der Waals surface area contributed by atoms with Gasteiger partial charge < -0.3 is 9.84 Å². The number of hydrogen-bond acceptors (Lipinski definition) is 5. The molecule has 1 N–H and O–H groups in total. The number of carbonyl (C=O) groups excluding carboxylic acids is 1. The molecule has 118 valence electrons. The van der Waals surface area contributed by atoms with Crippen molar-refractivity contribution in [2.45, 2.75) is 26.4 Å². The molecule has 7 heteroatoms. The number of nitrogens with one attached hydrogen (secondary N) is 1. The largest absolute Gasteiger partial charge is 0.353 e. The summed E-state index contributed by atoms with van der Waals surface area (Å²) in [6.07, 6.45) is 0. The Bertz CT molecular complexity index is 625. The quantitative estimate of drug-likeness (QED) is 0.884. The highest BCUT2D eigenvalue weighted by Gasteiger charge is 2.13. The molecule has 0 fully saturated rings. The Morgan fingerprint density at radius 3 is 2.68 bits per heavy atom. The minimum atomic E-state index is -0.0325. The van der Waals surface area contributed by atoms with E-state index < -0.39 is 0 Å². The van der Waals surface area contributed by atoms with E-state index in [1.165, 1.54) is 0 Å². The summed E-state index contributed by atoms with van der Waals surface area (Å²) in [4.78, 5) is 17.8. The summed E-state index contributed by atoms with van der Waals surface area (Å²) < 4.78 is 5.22. The third-order valence-electron chi connectivity index (χ3n) is 2.84. The van der Waals surface area contributed by atoms with Crippen LogP contribution in [0.3, 0.4) is 0 Å². The molecular formula is C15H19ClN4O2. The van der Waals surface area contributed by atoms with E-state index in [4.69, 9.17) is 16.1 Å². The summed E-state index contributed by atoms with van der Waals surface area (Å²) in [5.41, 5.74) is 0.833. The highest BCUT2D eigenvalue weighted by Crippen LogP contribution is 2.18. The van der Waals surface area contributed by atoms with Crippen molar-refractivity contribution < 1.29 is 9.32 Å². The smallest absolute Gasteiger partial charge is 0.241 e. The second kappa shape index (κ2) is 7.38. The van der Waals surface area contributed by atoms with Crippen LogP contribution in [0.2, 0.25) is 5.02 Å². The monoisotopic (exact) mass is 322 g/mol. The van der Waals surface area contributed by atoms with E-state index in [2.05, 4.69) is 15.5 Å². The summed E-state index contributed by atoms with van der Waals surface area (Å²) in [5, 5.41) is 7.43. The number of likely N-dealkylation sites (N-methyl/N-ethyl adjacent to an activating group) is 1. The first-order chi connectivity index (χ1) is 10.4. The zero-order valence-electron chi connectivity index (χ0n) is 12.8. The number of hydrogen-bond donors (Lipinski definition) is 1. The van der Waals surface area contributed by atoms with Gasteiger partial charge in [-0.05, 0) is 45.2 Å². The van der Waals surface area contributed by atoms with Crippen LogP contribution in [0, 0.1) is 0 Å². The maximum absolute atomic E-state index is 11.7. The van der Waals surface area contributed by atoms with E-state index in [-0.39, 0.29) is 18.5 Å². The van der Waals surface area contributed by atoms with Gasteiger partial charge in [-0.3, -0.25) is 9.69 Å². The van der Waals surface area contributed by atoms with Crippen LogP contribution in [-0.4, -0.2) is 40.6 Å². The number of halogens is 1. The Kier molecular flexibility index (Phi) is 5.51. The number of amides is 1. The standard InChI is InChI=1S/C15H19ClN4O2/c1-10(2)17-13(21)8-20(3)9-14-18-15(19-22-14)11-4-6-12(16)7-5-11/h4-7,10H,8-9H2,1-3H3,(H,17,21). The molecule has 0 saturated heterocycles. The predicted octanol–water partition coefficient (Wildman–Crippen LogP) is 2.35. The fourth-order valence-corrected chi connectivity index (χ4v) is 2.06. The number of carbonyl (C=O) groups is 1. The van der Waals surface area contributed by atoms with Gasteiger partial charge >= 0.3 is 0 Å². The molecule has 0 aliphatic rings. The summed E-state index contributed by atoms with van der Waals surface area (Å²) in [5.74, 6) is 0.937. The van der Waals surface area contributed by atoms with Crippen LogP contribution in [0.1, 0.15) is 19.7 Å². The van der Waals surface area contributed by atoms with Crippen molar-refractivity contribution in [2.75, 3.05) is 13.6 Å². The van der Waals surface area contributed by atoms with Crippen LogP contribution in [-0.2, 0) is 11.3 Å². The van der Waals surface area contributed by atoms with Crippen molar-refractivity contribution in [3.05, 3.63) is 35.2 Å². The van der Waals surface area contributed by atoms with Gasteiger partial charge in [0.15, 0.2) is 0 Å². The van der Waals surface area contributed by atoms with Crippen molar-refractivity contribution in [1.82, 2.24) is 20.4 Å². The van der Waals surface area contributed by atoms with E-state index in [1.807, 2.05) is 37.9 Å². The fraction of sp³-hybridized carbons (Fsp3) is 0.400. The summed E-state index contributed by atoms with van der Waals surface area (Å²) in [7, 11) is 1.83. The van der Waals surface area contributed by atoms with Gasteiger partial charge in [0.2, 0.25) is 17.6 Å². The molecule has 22 heavy (non-hydrogen) atoms. The van der Waals surface area contributed by atoms with E-state index in [0.29, 0.717) is 23.3 Å². The fourth-order valence-electron chi connectivity index (χ4n) is 1.93.